The van der Waals surface area contributed by atoms with Crippen molar-refractivity contribution in [2.45, 2.75) is 33.1 Å². The van der Waals surface area contributed by atoms with Crippen molar-refractivity contribution in [2.75, 3.05) is 0 Å². The van der Waals surface area contributed by atoms with Gasteiger partial charge in [-0.15, -0.1) is 0 Å². The number of hydrogen-bond acceptors (Lipinski definition) is 4. The molecule has 0 aromatic heterocycles. The van der Waals surface area contributed by atoms with E-state index >= 15 is 0 Å². The van der Waals surface area contributed by atoms with Gasteiger partial charge in [0.25, 0.3) is 5.91 Å². The van der Waals surface area contributed by atoms with E-state index in [9.17, 15) is 9.59 Å². The number of carbonyl (C=O) groups excluding carboxylic acids is 2. The number of nitrogens with one attached hydrogen (secondary N) is 1. The Morgan fingerprint density at radius 3 is 2.50 bits per heavy atom. The second-order valence-electron chi connectivity index (χ2n) is 6.17. The van der Waals surface area contributed by atoms with Gasteiger partial charge in [-0.05, 0) is 23.3 Å². The van der Waals surface area contributed by atoms with Gasteiger partial charge >= 0.3 is 5.97 Å². The number of carbonyl (C=O) groups is 2. The van der Waals surface area contributed by atoms with Crippen molar-refractivity contribution in [1.82, 2.24) is 5.32 Å². The van der Waals surface area contributed by atoms with Crippen molar-refractivity contribution in [3.8, 4) is 0 Å². The van der Waals surface area contributed by atoms with E-state index in [0.717, 1.165) is 16.3 Å². The summed E-state index contributed by atoms with van der Waals surface area (Å²) >= 11 is 0. The number of hydrogen-bond donors (Lipinski definition) is 1. The summed E-state index contributed by atoms with van der Waals surface area (Å²) in [6.07, 6.45) is 0. The number of fused-ring (bicyclic) bond motifs is 1. The fraction of sp³-hybridized carbons (Fsp3) is 0.263. The third-order valence-corrected chi connectivity index (χ3v) is 3.87. The van der Waals surface area contributed by atoms with Crippen LogP contribution in [0.3, 0.4) is 0 Å². The fourth-order valence-corrected chi connectivity index (χ4v) is 2.67. The second kappa shape index (κ2) is 6.00. The van der Waals surface area contributed by atoms with E-state index in [0.29, 0.717) is 6.54 Å². The zero-order chi connectivity index (χ0) is 17.3. The molecule has 1 heterocycles. The van der Waals surface area contributed by atoms with Crippen LogP contribution in [0.2, 0.25) is 0 Å². The maximum atomic E-state index is 12.3. The summed E-state index contributed by atoms with van der Waals surface area (Å²) in [6.45, 7) is 5.16. The van der Waals surface area contributed by atoms with Gasteiger partial charge in [-0.2, -0.15) is 0 Å². The molecule has 3 rings (SSSR count). The average molecular weight is 325 g/mol. The lowest BCUT2D eigenvalue weighted by atomic mass is 10.0. The van der Waals surface area contributed by atoms with Crippen LogP contribution in [0.4, 0.5) is 0 Å². The molecule has 1 aliphatic heterocycles. The summed E-state index contributed by atoms with van der Waals surface area (Å²) in [4.78, 5) is 24.1. The van der Waals surface area contributed by atoms with Gasteiger partial charge in [0.1, 0.15) is 0 Å². The van der Waals surface area contributed by atoms with Crippen LogP contribution in [0.15, 0.2) is 53.8 Å². The molecule has 1 amide bonds. The van der Waals surface area contributed by atoms with Crippen molar-refractivity contribution in [3.63, 3.8) is 0 Å². The van der Waals surface area contributed by atoms with Gasteiger partial charge in [0.2, 0.25) is 11.5 Å². The molecule has 1 saturated heterocycles. The minimum Gasteiger partial charge on any atom is -0.445 e. The molecule has 5 nitrogen and oxygen atoms in total. The Morgan fingerprint density at radius 1 is 1.08 bits per heavy atom. The molecule has 2 aromatic carbocycles. The normalized spacial score (nSPS) is 18.0. The van der Waals surface area contributed by atoms with Crippen molar-refractivity contribution < 1.29 is 19.1 Å². The summed E-state index contributed by atoms with van der Waals surface area (Å²) in [6, 6.07) is 13.9. The molecule has 124 valence electrons. The van der Waals surface area contributed by atoms with Crippen molar-refractivity contribution >= 4 is 22.6 Å². The number of benzene rings is 2. The molecule has 5 heteroatoms. The molecular weight excluding hydrogens is 306 g/mol. The highest BCUT2D eigenvalue weighted by Gasteiger charge is 2.39. The van der Waals surface area contributed by atoms with Crippen LogP contribution in [-0.2, 0) is 25.6 Å². The highest BCUT2D eigenvalue weighted by molar-refractivity contribution is 6.02. The number of amides is 1. The Kier molecular flexibility index (Phi) is 4.01. The van der Waals surface area contributed by atoms with E-state index in [1.807, 2.05) is 42.5 Å². The van der Waals surface area contributed by atoms with Gasteiger partial charge in [-0.1, -0.05) is 42.5 Å². The molecule has 0 unspecified atom stereocenters. The Hall–Kier alpha value is -2.82. The molecule has 0 bridgehead atoms. The van der Waals surface area contributed by atoms with Gasteiger partial charge in [-0.3, -0.25) is 4.79 Å². The maximum absolute atomic E-state index is 12.3. The largest absolute Gasteiger partial charge is 0.445 e. The first-order valence-corrected chi connectivity index (χ1v) is 7.75. The van der Waals surface area contributed by atoms with Gasteiger partial charge in [0, 0.05) is 20.4 Å². The van der Waals surface area contributed by atoms with Crippen LogP contribution in [0, 0.1) is 0 Å². The molecule has 0 aliphatic carbocycles. The fourth-order valence-electron chi connectivity index (χ4n) is 2.67. The van der Waals surface area contributed by atoms with E-state index in [-0.39, 0.29) is 17.2 Å². The standard InChI is InChI=1S/C19H19NO4/c1-12(16-18(22)24-19(2,3)23-16)17(21)20-11-14-9-6-8-13-7-4-5-10-15(13)14/h4-10H,11H2,1-3H3,(H,20,21). The van der Waals surface area contributed by atoms with Crippen molar-refractivity contribution in [1.29, 1.82) is 0 Å². The highest BCUT2D eigenvalue weighted by Crippen LogP contribution is 2.28. The van der Waals surface area contributed by atoms with E-state index in [2.05, 4.69) is 5.32 Å². The quantitative estimate of drug-likeness (QED) is 0.696. The van der Waals surface area contributed by atoms with E-state index in [1.165, 1.54) is 0 Å². The molecular formula is C19H19NO4. The summed E-state index contributed by atoms with van der Waals surface area (Å²) in [5.41, 5.74) is 1.22. The Bertz CT molecular complexity index is 846. The average Bonchev–Trinajstić information content (AvgIpc) is 2.84. The van der Waals surface area contributed by atoms with Crippen molar-refractivity contribution in [3.05, 3.63) is 59.4 Å². The van der Waals surface area contributed by atoms with Gasteiger partial charge in [-0.25, -0.2) is 4.79 Å². The summed E-state index contributed by atoms with van der Waals surface area (Å²) in [7, 11) is 0. The lowest BCUT2D eigenvalue weighted by molar-refractivity contribution is -0.159. The minimum atomic E-state index is -1.04. The first kappa shape index (κ1) is 16.1. The summed E-state index contributed by atoms with van der Waals surface area (Å²) < 4.78 is 10.5. The Labute approximate surface area is 140 Å². The van der Waals surface area contributed by atoms with Crippen LogP contribution in [0.5, 0.6) is 0 Å². The van der Waals surface area contributed by atoms with Crippen LogP contribution in [0.1, 0.15) is 26.3 Å². The smallest absolute Gasteiger partial charge is 0.377 e. The SMILES string of the molecule is CC(C(=O)NCc1cccc2ccccc12)=C1OC(C)(C)OC1=O. The van der Waals surface area contributed by atoms with E-state index in [1.54, 1.807) is 20.8 Å². The molecule has 0 atom stereocenters. The Morgan fingerprint density at radius 2 is 1.79 bits per heavy atom. The molecule has 0 spiro atoms. The molecule has 2 aromatic rings. The number of rotatable bonds is 3. The van der Waals surface area contributed by atoms with Crippen LogP contribution in [-0.4, -0.2) is 17.7 Å². The topological polar surface area (TPSA) is 64.6 Å². The molecule has 1 aliphatic rings. The lowest BCUT2D eigenvalue weighted by Crippen LogP contribution is -2.25. The van der Waals surface area contributed by atoms with Gasteiger partial charge in [0.05, 0.1) is 5.57 Å². The highest BCUT2D eigenvalue weighted by atomic mass is 16.8. The first-order chi connectivity index (χ1) is 11.4. The lowest BCUT2D eigenvalue weighted by Gasteiger charge is -2.14. The van der Waals surface area contributed by atoms with Crippen LogP contribution >= 0.6 is 0 Å². The molecule has 0 radical (unpaired) electrons. The molecule has 1 N–H and O–H groups in total. The van der Waals surface area contributed by atoms with E-state index < -0.39 is 11.8 Å². The predicted octanol–water partition coefficient (Wildman–Crippen LogP) is 3.04. The number of ether oxygens (including phenoxy) is 2. The minimum absolute atomic E-state index is 0.0320. The maximum Gasteiger partial charge on any atom is 0.377 e. The second-order valence-corrected chi connectivity index (χ2v) is 6.17. The van der Waals surface area contributed by atoms with Crippen molar-refractivity contribution in [2.24, 2.45) is 0 Å². The molecule has 24 heavy (non-hydrogen) atoms. The monoisotopic (exact) mass is 325 g/mol. The molecule has 0 saturated carbocycles. The van der Waals surface area contributed by atoms with Gasteiger partial charge in [0.15, 0.2) is 0 Å². The summed E-state index contributed by atoms with van der Waals surface area (Å²) in [5, 5.41) is 5.03. The molecule has 1 fully saturated rings. The van der Waals surface area contributed by atoms with Crippen LogP contribution in [0.25, 0.3) is 10.8 Å². The number of esters is 1. The first-order valence-electron chi connectivity index (χ1n) is 7.75. The van der Waals surface area contributed by atoms with E-state index in [4.69, 9.17) is 9.47 Å². The zero-order valence-corrected chi connectivity index (χ0v) is 13.9. The third-order valence-electron chi connectivity index (χ3n) is 3.87. The number of cyclic esters (lactones) is 1. The third kappa shape index (κ3) is 3.11. The summed E-state index contributed by atoms with van der Waals surface area (Å²) in [5.74, 6) is -2.04. The van der Waals surface area contributed by atoms with Crippen LogP contribution < -0.4 is 5.32 Å². The predicted molar refractivity (Wildman–Crippen MR) is 89.8 cm³/mol. The Balaban J connectivity index is 1.77. The zero-order valence-electron chi connectivity index (χ0n) is 13.9. The van der Waals surface area contributed by atoms with Gasteiger partial charge < -0.3 is 14.8 Å².